The molecule has 0 saturated carbocycles. The number of carboxylic acid groups (broad SMARTS) is 1. The van der Waals surface area contributed by atoms with Gasteiger partial charge in [0.25, 0.3) is 5.56 Å². The summed E-state index contributed by atoms with van der Waals surface area (Å²) in [7, 11) is 0. The Labute approximate surface area is 135 Å². The average Bonchev–Trinajstić information content (AvgIpc) is 3.15. The molecule has 2 aromatic heterocycles. The summed E-state index contributed by atoms with van der Waals surface area (Å²) in [6.07, 6.45) is 2.93. The highest BCUT2D eigenvalue weighted by Crippen LogP contribution is 2.34. The van der Waals surface area contributed by atoms with Crippen molar-refractivity contribution in [3.63, 3.8) is 0 Å². The van der Waals surface area contributed by atoms with Crippen molar-refractivity contribution >= 4 is 39.3 Å². The highest BCUT2D eigenvalue weighted by atomic mass is 32.2. The second kappa shape index (κ2) is 6.39. The smallest absolute Gasteiger partial charge is 0.372 e. The molecule has 0 radical (unpaired) electrons. The Morgan fingerprint density at radius 2 is 2.23 bits per heavy atom. The van der Waals surface area contributed by atoms with Crippen molar-refractivity contribution in [1.29, 1.82) is 0 Å². The Morgan fingerprint density at radius 3 is 2.82 bits per heavy atom. The van der Waals surface area contributed by atoms with E-state index >= 15 is 0 Å². The summed E-state index contributed by atoms with van der Waals surface area (Å²) in [4.78, 5) is 30.5. The van der Waals surface area contributed by atoms with Crippen molar-refractivity contribution in [2.24, 2.45) is 0 Å². The van der Waals surface area contributed by atoms with Crippen molar-refractivity contribution in [2.75, 3.05) is 12.3 Å². The minimum atomic E-state index is -1.20. The molecule has 1 atom stereocenters. The van der Waals surface area contributed by atoms with Crippen LogP contribution in [0.15, 0.2) is 4.79 Å². The van der Waals surface area contributed by atoms with Gasteiger partial charge in [-0.05, 0) is 31.7 Å². The maximum atomic E-state index is 11.8. The standard InChI is InChI=1S/C10H8N2O3S.C4H9NS/c13-8-6-4-2-1-3-5(4)16-9(6)12-7(11-8)10(14)15;1-4-5-2-3-6-4/h1-3H2,(H,14,15)(H,11,12,13);4-5H,2-3H2,1H3. The molecule has 6 nitrogen and oxygen atoms in total. The molecule has 0 spiro atoms. The highest BCUT2D eigenvalue weighted by Gasteiger charge is 2.22. The number of aromatic carboxylic acids is 1. The molecule has 2 aliphatic rings. The number of carbonyl (C=O) groups is 1. The van der Waals surface area contributed by atoms with Gasteiger partial charge in [0.1, 0.15) is 4.83 Å². The van der Waals surface area contributed by atoms with Crippen molar-refractivity contribution in [2.45, 2.75) is 31.6 Å². The van der Waals surface area contributed by atoms with Gasteiger partial charge in [-0.1, -0.05) is 0 Å². The molecule has 8 heteroatoms. The lowest BCUT2D eigenvalue weighted by Gasteiger charge is -1.95. The summed E-state index contributed by atoms with van der Waals surface area (Å²) >= 11 is 3.42. The monoisotopic (exact) mass is 339 g/mol. The largest absolute Gasteiger partial charge is 0.475 e. The van der Waals surface area contributed by atoms with Gasteiger partial charge >= 0.3 is 5.97 Å². The maximum Gasteiger partial charge on any atom is 0.372 e. The molecule has 0 aromatic carbocycles. The first-order valence-corrected chi connectivity index (χ1v) is 9.05. The van der Waals surface area contributed by atoms with E-state index in [1.54, 1.807) is 0 Å². The second-order valence-electron chi connectivity index (χ2n) is 5.22. The molecule has 1 fully saturated rings. The summed E-state index contributed by atoms with van der Waals surface area (Å²) in [5, 5.41) is 13.4. The Morgan fingerprint density at radius 1 is 1.41 bits per heavy atom. The van der Waals surface area contributed by atoms with E-state index < -0.39 is 5.97 Å². The van der Waals surface area contributed by atoms with Gasteiger partial charge in [0.05, 0.1) is 10.8 Å². The van der Waals surface area contributed by atoms with Crippen LogP contribution >= 0.6 is 23.1 Å². The number of hydrogen-bond donors (Lipinski definition) is 3. The van der Waals surface area contributed by atoms with Crippen LogP contribution in [-0.2, 0) is 12.8 Å². The zero-order chi connectivity index (χ0) is 15.7. The molecule has 1 aliphatic heterocycles. The molecule has 3 heterocycles. The Bertz CT molecular complexity index is 763. The van der Waals surface area contributed by atoms with Gasteiger partial charge < -0.3 is 15.4 Å². The molecule has 0 amide bonds. The second-order valence-corrected chi connectivity index (χ2v) is 7.76. The van der Waals surface area contributed by atoms with Gasteiger partial charge in [-0.15, -0.1) is 23.1 Å². The molecule has 3 N–H and O–H groups in total. The molecular weight excluding hydrogens is 322 g/mol. The van der Waals surface area contributed by atoms with Gasteiger partial charge in [-0.25, -0.2) is 9.78 Å². The quantitative estimate of drug-likeness (QED) is 0.734. The molecule has 22 heavy (non-hydrogen) atoms. The van der Waals surface area contributed by atoms with Crippen molar-refractivity contribution in [3.8, 4) is 0 Å². The maximum absolute atomic E-state index is 11.8. The third kappa shape index (κ3) is 3.04. The number of aromatic amines is 1. The van der Waals surface area contributed by atoms with Crippen molar-refractivity contribution in [3.05, 3.63) is 26.6 Å². The number of nitrogens with zero attached hydrogens (tertiary/aromatic N) is 1. The minimum absolute atomic E-state index is 0.280. The fraction of sp³-hybridized carbons (Fsp3) is 0.500. The summed E-state index contributed by atoms with van der Waals surface area (Å²) < 4.78 is 0. The lowest BCUT2D eigenvalue weighted by molar-refractivity contribution is 0.0683. The molecule has 1 unspecified atom stereocenters. The SMILES string of the molecule is CC1NCCS1.O=C(O)c1nc2sc3c(c2c(=O)[nH]1)CCC3. The number of aromatic nitrogens is 2. The summed E-state index contributed by atoms with van der Waals surface area (Å²) in [6.45, 7) is 3.39. The number of H-pyrrole nitrogens is 1. The number of aryl methyl sites for hydroxylation is 2. The van der Waals surface area contributed by atoms with E-state index in [1.807, 2.05) is 11.8 Å². The summed E-state index contributed by atoms with van der Waals surface area (Å²) in [5.74, 6) is -0.189. The molecule has 118 valence electrons. The molecule has 1 aliphatic carbocycles. The molecule has 0 bridgehead atoms. The van der Waals surface area contributed by atoms with Gasteiger partial charge in [0.2, 0.25) is 5.82 Å². The van der Waals surface area contributed by atoms with Crippen LogP contribution in [0.1, 0.15) is 34.4 Å². The van der Waals surface area contributed by atoms with E-state index in [1.165, 1.54) is 28.5 Å². The summed E-state index contributed by atoms with van der Waals surface area (Å²) in [6, 6.07) is 0. The highest BCUT2D eigenvalue weighted by molar-refractivity contribution is 8.00. The zero-order valence-electron chi connectivity index (χ0n) is 12.1. The number of hydrogen-bond acceptors (Lipinski definition) is 6. The summed E-state index contributed by atoms with van der Waals surface area (Å²) in [5.41, 5.74) is 0.729. The predicted octanol–water partition coefficient (Wildman–Crippen LogP) is 1.84. The number of rotatable bonds is 1. The topological polar surface area (TPSA) is 95.1 Å². The lowest BCUT2D eigenvalue weighted by atomic mass is 10.2. The Kier molecular flexibility index (Phi) is 4.51. The van der Waals surface area contributed by atoms with Gasteiger partial charge in [-0.3, -0.25) is 4.79 Å². The van der Waals surface area contributed by atoms with Crippen LogP contribution in [0.5, 0.6) is 0 Å². The van der Waals surface area contributed by atoms with E-state index in [0.29, 0.717) is 15.6 Å². The minimum Gasteiger partial charge on any atom is -0.475 e. The number of nitrogens with one attached hydrogen (secondary N) is 2. The number of fused-ring (bicyclic) bond motifs is 3. The van der Waals surface area contributed by atoms with Gasteiger partial charge in [-0.2, -0.15) is 0 Å². The van der Waals surface area contributed by atoms with Crippen LogP contribution in [0.2, 0.25) is 0 Å². The van der Waals surface area contributed by atoms with E-state index in [4.69, 9.17) is 5.11 Å². The van der Waals surface area contributed by atoms with Crippen LogP contribution < -0.4 is 10.9 Å². The first kappa shape index (κ1) is 15.5. The van der Waals surface area contributed by atoms with Crippen molar-refractivity contribution < 1.29 is 9.90 Å². The van der Waals surface area contributed by atoms with Crippen LogP contribution in [-0.4, -0.2) is 38.7 Å². The predicted molar refractivity (Wildman–Crippen MR) is 89.1 cm³/mol. The van der Waals surface area contributed by atoms with E-state index in [2.05, 4.69) is 22.2 Å². The van der Waals surface area contributed by atoms with E-state index in [-0.39, 0.29) is 11.4 Å². The van der Waals surface area contributed by atoms with Crippen LogP contribution in [0.25, 0.3) is 10.2 Å². The Hall–Kier alpha value is -1.38. The normalized spacial score (nSPS) is 19.8. The van der Waals surface area contributed by atoms with Crippen LogP contribution in [0, 0.1) is 0 Å². The number of carboxylic acids is 1. The molecule has 2 aromatic rings. The third-order valence-electron chi connectivity index (χ3n) is 3.68. The molecular formula is C14H17N3O3S2. The number of thiophene rings is 1. The zero-order valence-corrected chi connectivity index (χ0v) is 13.8. The van der Waals surface area contributed by atoms with Crippen LogP contribution in [0.4, 0.5) is 0 Å². The fourth-order valence-corrected chi connectivity index (χ4v) is 4.75. The molecule has 1 saturated heterocycles. The van der Waals surface area contributed by atoms with Gasteiger partial charge in [0, 0.05) is 17.2 Å². The lowest BCUT2D eigenvalue weighted by Crippen LogP contribution is -2.15. The average molecular weight is 339 g/mol. The van der Waals surface area contributed by atoms with E-state index in [9.17, 15) is 9.59 Å². The Balaban J connectivity index is 0.000000202. The van der Waals surface area contributed by atoms with E-state index in [0.717, 1.165) is 24.8 Å². The van der Waals surface area contributed by atoms with Gasteiger partial charge in [0.15, 0.2) is 0 Å². The first-order valence-electron chi connectivity index (χ1n) is 7.19. The first-order chi connectivity index (χ1) is 10.6. The third-order valence-corrected chi connectivity index (χ3v) is 5.97. The molecule has 4 rings (SSSR count). The van der Waals surface area contributed by atoms with Crippen LogP contribution in [0.3, 0.4) is 0 Å². The van der Waals surface area contributed by atoms with Crippen molar-refractivity contribution in [1.82, 2.24) is 15.3 Å². The number of thioether (sulfide) groups is 1. The fourth-order valence-electron chi connectivity index (χ4n) is 2.66.